The van der Waals surface area contributed by atoms with E-state index in [-0.39, 0.29) is 0 Å². The van der Waals surface area contributed by atoms with Gasteiger partial charge in [0.05, 0.1) is 11.8 Å². The molecule has 5 heteroatoms. The largest absolute Gasteiger partial charge is 0.515 e. The van der Waals surface area contributed by atoms with Crippen LogP contribution in [0.4, 0.5) is 0 Å². The Hall–Kier alpha value is -1.91. The monoisotopic (exact) mass is 170 g/mol. The van der Waals surface area contributed by atoms with E-state index in [4.69, 9.17) is 10.2 Å². The molecule has 0 aromatic rings. The van der Waals surface area contributed by atoms with Crippen LogP contribution >= 0.6 is 0 Å². The van der Waals surface area contributed by atoms with Gasteiger partial charge in [-0.3, -0.25) is 9.59 Å². The van der Waals surface area contributed by atoms with Gasteiger partial charge in [0.25, 0.3) is 5.78 Å². The smallest absolute Gasteiger partial charge is 0.377 e. The Morgan fingerprint density at radius 3 is 2.17 bits per heavy atom. The third-order valence-corrected chi connectivity index (χ3v) is 0.950. The minimum atomic E-state index is -1.69. The van der Waals surface area contributed by atoms with E-state index in [2.05, 4.69) is 0 Å². The number of ketones is 1. The molecule has 64 valence electrons. The summed E-state index contributed by atoms with van der Waals surface area (Å²) in [5, 5.41) is 16.5. The average Bonchev–Trinajstić information content (AvgIpc) is 2.05. The lowest BCUT2D eigenvalue weighted by atomic mass is 10.2. The Bertz CT molecular complexity index is 261. The van der Waals surface area contributed by atoms with E-state index in [1.165, 1.54) is 0 Å². The number of allylic oxidation sites excluding steroid dienone is 2. The molecule has 0 aliphatic rings. The van der Waals surface area contributed by atoms with E-state index in [1.54, 1.807) is 0 Å². The SMILES string of the molecule is O=C/C=C/C(=C\O)C(=O)C(=O)O. The van der Waals surface area contributed by atoms with E-state index >= 15 is 0 Å². The molecule has 0 aliphatic carbocycles. The van der Waals surface area contributed by atoms with Crippen LogP contribution in [0.25, 0.3) is 0 Å². The Labute approximate surface area is 67.6 Å². The predicted octanol–water partition coefficient (Wildman–Crippen LogP) is -0.163. The van der Waals surface area contributed by atoms with Gasteiger partial charge in [0.2, 0.25) is 0 Å². The minimum Gasteiger partial charge on any atom is -0.515 e. The third kappa shape index (κ3) is 2.78. The zero-order valence-corrected chi connectivity index (χ0v) is 5.93. The van der Waals surface area contributed by atoms with Gasteiger partial charge in [-0.15, -0.1) is 0 Å². The molecule has 0 saturated carbocycles. The van der Waals surface area contributed by atoms with Crippen LogP contribution in [0.15, 0.2) is 24.0 Å². The minimum absolute atomic E-state index is 0.330. The van der Waals surface area contributed by atoms with Gasteiger partial charge >= 0.3 is 5.97 Å². The highest BCUT2D eigenvalue weighted by atomic mass is 16.4. The molecule has 0 saturated heterocycles. The van der Waals surface area contributed by atoms with Gasteiger partial charge in [-0.2, -0.15) is 0 Å². The topological polar surface area (TPSA) is 91.7 Å². The van der Waals surface area contributed by atoms with Crippen molar-refractivity contribution in [3.8, 4) is 0 Å². The molecule has 5 nitrogen and oxygen atoms in total. The Morgan fingerprint density at radius 1 is 1.25 bits per heavy atom. The second-order valence-corrected chi connectivity index (χ2v) is 1.71. The van der Waals surface area contributed by atoms with E-state index in [0.29, 0.717) is 12.5 Å². The normalized spacial score (nSPS) is 11.5. The van der Waals surface area contributed by atoms with Crippen LogP contribution < -0.4 is 0 Å². The van der Waals surface area contributed by atoms with Gasteiger partial charge in [0.15, 0.2) is 0 Å². The lowest BCUT2D eigenvalue weighted by Crippen LogP contribution is -2.13. The number of hydrogen-bond acceptors (Lipinski definition) is 4. The highest BCUT2D eigenvalue weighted by Crippen LogP contribution is 1.97. The van der Waals surface area contributed by atoms with E-state index in [9.17, 15) is 14.4 Å². The molecular formula is C7H6O5. The lowest BCUT2D eigenvalue weighted by molar-refractivity contribution is -0.147. The average molecular weight is 170 g/mol. The van der Waals surface area contributed by atoms with E-state index in [0.717, 1.165) is 12.2 Å². The third-order valence-electron chi connectivity index (χ3n) is 0.950. The van der Waals surface area contributed by atoms with Crippen LogP contribution in [0.1, 0.15) is 0 Å². The van der Waals surface area contributed by atoms with Crippen molar-refractivity contribution in [2.24, 2.45) is 0 Å². The molecule has 0 aromatic heterocycles. The van der Waals surface area contributed by atoms with Crippen LogP contribution in [0.2, 0.25) is 0 Å². The number of rotatable bonds is 4. The molecule has 0 heterocycles. The summed E-state index contributed by atoms with van der Waals surface area (Å²) in [4.78, 5) is 30.4. The summed E-state index contributed by atoms with van der Waals surface area (Å²) in [6, 6.07) is 0. The number of carboxylic acids is 1. The molecular weight excluding hydrogens is 164 g/mol. The summed E-state index contributed by atoms with van der Waals surface area (Å²) in [5.41, 5.74) is -0.449. The Morgan fingerprint density at radius 2 is 1.83 bits per heavy atom. The number of aliphatic hydroxyl groups excluding tert-OH is 1. The van der Waals surface area contributed by atoms with Gasteiger partial charge in [0, 0.05) is 0 Å². The number of carbonyl (C=O) groups excluding carboxylic acids is 2. The second-order valence-electron chi connectivity index (χ2n) is 1.71. The first kappa shape index (κ1) is 10.1. The van der Waals surface area contributed by atoms with Crippen LogP contribution in [0.3, 0.4) is 0 Å². The van der Waals surface area contributed by atoms with E-state index < -0.39 is 17.3 Å². The summed E-state index contributed by atoms with van der Waals surface area (Å²) < 4.78 is 0. The second kappa shape index (κ2) is 4.84. The summed E-state index contributed by atoms with van der Waals surface area (Å²) in [6.45, 7) is 0. The lowest BCUT2D eigenvalue weighted by Gasteiger charge is -1.91. The van der Waals surface area contributed by atoms with Gasteiger partial charge in [-0.1, -0.05) is 0 Å². The fourth-order valence-electron chi connectivity index (χ4n) is 0.444. The zero-order valence-electron chi connectivity index (χ0n) is 5.93. The summed E-state index contributed by atoms with van der Waals surface area (Å²) >= 11 is 0. The molecule has 0 rings (SSSR count). The molecule has 0 aromatic carbocycles. The number of aldehydes is 1. The first-order chi connectivity index (χ1) is 5.63. The van der Waals surface area contributed by atoms with Crippen molar-refractivity contribution in [3.63, 3.8) is 0 Å². The van der Waals surface area contributed by atoms with Gasteiger partial charge in [-0.25, -0.2) is 4.79 Å². The maximum Gasteiger partial charge on any atom is 0.377 e. The van der Waals surface area contributed by atoms with Crippen molar-refractivity contribution >= 4 is 18.0 Å². The van der Waals surface area contributed by atoms with Crippen LogP contribution in [0, 0.1) is 0 Å². The van der Waals surface area contributed by atoms with Crippen LogP contribution in [-0.2, 0) is 14.4 Å². The predicted molar refractivity (Wildman–Crippen MR) is 38.6 cm³/mol. The first-order valence-corrected chi connectivity index (χ1v) is 2.87. The molecule has 0 fully saturated rings. The molecule has 0 spiro atoms. The molecule has 0 bridgehead atoms. The number of aliphatic hydroxyl groups is 1. The molecule has 0 atom stereocenters. The van der Waals surface area contributed by atoms with Crippen LogP contribution in [0.5, 0.6) is 0 Å². The van der Waals surface area contributed by atoms with Crippen molar-refractivity contribution in [2.45, 2.75) is 0 Å². The highest BCUT2D eigenvalue weighted by Gasteiger charge is 2.14. The van der Waals surface area contributed by atoms with Crippen LogP contribution in [-0.4, -0.2) is 28.3 Å². The van der Waals surface area contributed by atoms with Crippen molar-refractivity contribution < 1.29 is 24.6 Å². The number of aliphatic carboxylic acids is 1. The zero-order chi connectivity index (χ0) is 9.56. The summed E-state index contributed by atoms with van der Waals surface area (Å²) in [5.74, 6) is -2.96. The van der Waals surface area contributed by atoms with E-state index in [1.807, 2.05) is 0 Å². The molecule has 12 heavy (non-hydrogen) atoms. The quantitative estimate of drug-likeness (QED) is 0.201. The number of carbonyl (C=O) groups is 3. The van der Waals surface area contributed by atoms with Gasteiger partial charge in [-0.05, 0) is 12.2 Å². The standard InChI is InChI=1S/C7H6O5/c8-3-1-2-5(4-9)6(10)7(11)12/h1-4,9H,(H,11,12)/b2-1+,5-4+. The van der Waals surface area contributed by atoms with Crippen molar-refractivity contribution in [1.82, 2.24) is 0 Å². The molecule has 0 aliphatic heterocycles. The maximum absolute atomic E-state index is 10.6. The van der Waals surface area contributed by atoms with Crippen molar-refractivity contribution in [2.75, 3.05) is 0 Å². The number of Topliss-reactive ketones (excluding diaryl/α,β-unsaturated/α-hetero) is 1. The summed E-state index contributed by atoms with van der Waals surface area (Å²) in [6.07, 6.45) is 2.50. The Balaban J connectivity index is 4.59. The fraction of sp³-hybridized carbons (Fsp3) is 0. The fourth-order valence-corrected chi connectivity index (χ4v) is 0.444. The van der Waals surface area contributed by atoms with Gasteiger partial charge in [0.1, 0.15) is 6.29 Å². The van der Waals surface area contributed by atoms with Crippen molar-refractivity contribution in [1.29, 1.82) is 0 Å². The molecule has 0 amide bonds. The van der Waals surface area contributed by atoms with Crippen molar-refractivity contribution in [3.05, 3.63) is 24.0 Å². The molecule has 0 unspecified atom stereocenters. The number of carboxylic acid groups (broad SMARTS) is 1. The summed E-state index contributed by atoms with van der Waals surface area (Å²) in [7, 11) is 0. The number of hydrogen-bond donors (Lipinski definition) is 2. The van der Waals surface area contributed by atoms with Gasteiger partial charge < -0.3 is 10.2 Å². The molecule has 2 N–H and O–H groups in total. The first-order valence-electron chi connectivity index (χ1n) is 2.87. The Kier molecular flexibility index (Phi) is 4.07. The molecule has 0 radical (unpaired) electrons. The maximum atomic E-state index is 10.6. The highest BCUT2D eigenvalue weighted by molar-refractivity contribution is 6.40.